The van der Waals surface area contributed by atoms with Crippen LogP contribution >= 0.6 is 11.3 Å². The molecule has 0 aromatic carbocycles. The molecule has 0 aliphatic carbocycles. The molecular weight excluding hydrogens is 274 g/mol. The fourth-order valence-corrected chi connectivity index (χ4v) is 3.96. The van der Waals surface area contributed by atoms with Crippen LogP contribution in [0.1, 0.15) is 10.7 Å². The van der Waals surface area contributed by atoms with Gasteiger partial charge in [0, 0.05) is 26.7 Å². The van der Waals surface area contributed by atoms with Gasteiger partial charge in [-0.1, -0.05) is 0 Å². The summed E-state index contributed by atoms with van der Waals surface area (Å²) in [5.41, 5.74) is 0.553. The maximum absolute atomic E-state index is 12.0. The molecule has 0 aliphatic rings. The quantitative estimate of drug-likeness (QED) is 0.673. The Hall–Kier alpha value is -0.540. The van der Waals surface area contributed by atoms with Crippen molar-refractivity contribution in [3.8, 4) is 0 Å². The van der Waals surface area contributed by atoms with Crippen molar-refractivity contribution in [2.45, 2.75) is 18.1 Å². The van der Waals surface area contributed by atoms with E-state index in [1.165, 1.54) is 11.3 Å². The van der Waals surface area contributed by atoms with Crippen molar-refractivity contribution in [2.24, 2.45) is 0 Å². The molecule has 1 aromatic rings. The Labute approximate surface area is 112 Å². The molecule has 0 atom stereocenters. The Morgan fingerprint density at radius 2 is 2.00 bits per heavy atom. The Balaban J connectivity index is 2.43. The maximum atomic E-state index is 12.0. The van der Waals surface area contributed by atoms with E-state index in [-0.39, 0.29) is 0 Å². The first-order valence-electron chi connectivity index (χ1n) is 5.60. The average molecular weight is 293 g/mol. The number of nitrogens with one attached hydrogen (secondary N) is 2. The second-order valence-electron chi connectivity index (χ2n) is 3.75. The highest BCUT2D eigenvalue weighted by atomic mass is 32.2. The Bertz CT molecular complexity index is 471. The monoisotopic (exact) mass is 293 g/mol. The molecule has 0 bridgehead atoms. The van der Waals surface area contributed by atoms with Gasteiger partial charge in [0.15, 0.2) is 4.21 Å². The third-order valence-electron chi connectivity index (χ3n) is 2.18. The number of aryl methyl sites for hydroxylation is 2. The summed E-state index contributed by atoms with van der Waals surface area (Å²) in [5.74, 6) is 0. The Morgan fingerprint density at radius 3 is 2.56 bits per heavy atom. The van der Waals surface area contributed by atoms with Crippen molar-refractivity contribution in [3.05, 3.63) is 10.7 Å². The summed E-state index contributed by atoms with van der Waals surface area (Å²) in [6.07, 6.45) is 0. The van der Waals surface area contributed by atoms with Crippen molar-refractivity contribution in [1.29, 1.82) is 0 Å². The number of aromatic nitrogens is 1. The van der Waals surface area contributed by atoms with Crippen LogP contribution in [-0.4, -0.2) is 46.8 Å². The zero-order valence-electron chi connectivity index (χ0n) is 10.8. The van der Waals surface area contributed by atoms with Crippen LogP contribution in [0.2, 0.25) is 0 Å². The summed E-state index contributed by atoms with van der Waals surface area (Å²) in [4.78, 5) is 4.11. The minimum atomic E-state index is -3.43. The van der Waals surface area contributed by atoms with Gasteiger partial charge in [-0.2, -0.15) is 0 Å². The van der Waals surface area contributed by atoms with E-state index in [1.807, 2.05) is 0 Å². The number of nitrogens with zero attached hydrogens (tertiary/aromatic N) is 1. The molecule has 1 rings (SSSR count). The molecule has 18 heavy (non-hydrogen) atoms. The molecular formula is C10H19N3O3S2. The highest BCUT2D eigenvalue weighted by Crippen LogP contribution is 2.22. The predicted octanol–water partition coefficient (Wildman–Crippen LogP) is 0.274. The van der Waals surface area contributed by atoms with Gasteiger partial charge < -0.3 is 10.1 Å². The summed E-state index contributed by atoms with van der Waals surface area (Å²) in [5, 5.41) is 3.82. The third-order valence-corrected chi connectivity index (χ3v) is 5.33. The van der Waals surface area contributed by atoms with Crippen LogP contribution in [0.15, 0.2) is 4.21 Å². The molecule has 0 spiro atoms. The van der Waals surface area contributed by atoms with Crippen LogP contribution in [-0.2, 0) is 14.8 Å². The van der Waals surface area contributed by atoms with Crippen LogP contribution < -0.4 is 10.0 Å². The first-order chi connectivity index (χ1) is 8.47. The van der Waals surface area contributed by atoms with Gasteiger partial charge in [0.05, 0.1) is 17.3 Å². The molecule has 0 unspecified atom stereocenters. The molecule has 2 N–H and O–H groups in total. The highest BCUT2D eigenvalue weighted by Gasteiger charge is 2.19. The van der Waals surface area contributed by atoms with Crippen LogP contribution in [0.5, 0.6) is 0 Å². The molecule has 0 saturated carbocycles. The van der Waals surface area contributed by atoms with Gasteiger partial charge in [0.1, 0.15) is 0 Å². The Kier molecular flexibility index (Phi) is 6.16. The average Bonchev–Trinajstić information content (AvgIpc) is 2.63. The van der Waals surface area contributed by atoms with Crippen molar-refractivity contribution in [3.63, 3.8) is 0 Å². The highest BCUT2D eigenvalue weighted by molar-refractivity contribution is 7.91. The summed E-state index contributed by atoms with van der Waals surface area (Å²) < 4.78 is 31.6. The molecule has 0 amide bonds. The minimum absolute atomic E-state index is 0.303. The standard InChI is InChI=1S/C10H19N3O3S2/c1-8-10(17-9(2)13-8)18(14,15)12-5-4-11-6-7-16-3/h11-12H,4-7H2,1-3H3. The lowest BCUT2D eigenvalue weighted by atomic mass is 10.6. The molecule has 104 valence electrons. The van der Waals surface area contributed by atoms with Gasteiger partial charge >= 0.3 is 0 Å². The lowest BCUT2D eigenvalue weighted by molar-refractivity contribution is 0.199. The van der Waals surface area contributed by atoms with Gasteiger partial charge in [0.2, 0.25) is 0 Å². The largest absolute Gasteiger partial charge is 0.383 e. The molecule has 0 aliphatic heterocycles. The fraction of sp³-hybridized carbons (Fsp3) is 0.700. The van der Waals surface area contributed by atoms with Crippen LogP contribution in [0, 0.1) is 13.8 Å². The Morgan fingerprint density at radius 1 is 1.28 bits per heavy atom. The van der Waals surface area contributed by atoms with Crippen LogP contribution in [0.4, 0.5) is 0 Å². The summed E-state index contributed by atoms with van der Waals surface area (Å²) >= 11 is 1.19. The van der Waals surface area contributed by atoms with E-state index in [2.05, 4.69) is 15.0 Å². The first-order valence-corrected chi connectivity index (χ1v) is 7.90. The number of thiazole rings is 1. The SMILES string of the molecule is COCCNCCNS(=O)(=O)c1sc(C)nc1C. The van der Waals surface area contributed by atoms with E-state index in [0.717, 1.165) is 5.01 Å². The molecule has 1 aromatic heterocycles. The lowest BCUT2D eigenvalue weighted by Crippen LogP contribution is -2.33. The van der Waals surface area contributed by atoms with Crippen molar-refractivity contribution in [2.75, 3.05) is 33.4 Å². The number of ether oxygens (including phenoxy) is 1. The normalized spacial score (nSPS) is 11.9. The second-order valence-corrected chi connectivity index (χ2v) is 6.91. The van der Waals surface area contributed by atoms with E-state index in [9.17, 15) is 8.42 Å². The van der Waals surface area contributed by atoms with Gasteiger partial charge in [-0.05, 0) is 13.8 Å². The summed E-state index contributed by atoms with van der Waals surface area (Å²) in [6, 6.07) is 0. The van der Waals surface area contributed by atoms with E-state index >= 15 is 0 Å². The molecule has 6 nitrogen and oxygen atoms in total. The van der Waals surface area contributed by atoms with Crippen LogP contribution in [0.25, 0.3) is 0 Å². The number of methoxy groups -OCH3 is 1. The van der Waals surface area contributed by atoms with Gasteiger partial charge in [-0.3, -0.25) is 0 Å². The first kappa shape index (κ1) is 15.5. The number of rotatable bonds is 8. The van der Waals surface area contributed by atoms with E-state index in [0.29, 0.717) is 36.1 Å². The summed E-state index contributed by atoms with van der Waals surface area (Å²) in [6.45, 7) is 5.73. The number of hydrogen-bond donors (Lipinski definition) is 2. The van der Waals surface area contributed by atoms with Gasteiger partial charge in [-0.25, -0.2) is 18.1 Å². The van der Waals surface area contributed by atoms with Gasteiger partial charge in [0.25, 0.3) is 10.0 Å². The van der Waals surface area contributed by atoms with E-state index in [4.69, 9.17) is 4.74 Å². The zero-order valence-corrected chi connectivity index (χ0v) is 12.4. The minimum Gasteiger partial charge on any atom is -0.383 e. The molecule has 0 fully saturated rings. The maximum Gasteiger partial charge on any atom is 0.251 e. The fourth-order valence-electron chi connectivity index (χ4n) is 1.40. The molecule has 0 saturated heterocycles. The summed E-state index contributed by atoms with van der Waals surface area (Å²) in [7, 11) is -1.80. The van der Waals surface area contributed by atoms with Crippen molar-refractivity contribution in [1.82, 2.24) is 15.0 Å². The van der Waals surface area contributed by atoms with E-state index in [1.54, 1.807) is 21.0 Å². The van der Waals surface area contributed by atoms with Crippen LogP contribution in [0.3, 0.4) is 0 Å². The molecule has 1 heterocycles. The molecule has 0 radical (unpaired) electrons. The predicted molar refractivity (Wildman–Crippen MR) is 71.5 cm³/mol. The third kappa shape index (κ3) is 4.62. The number of hydrogen-bond acceptors (Lipinski definition) is 6. The second kappa shape index (κ2) is 7.15. The van der Waals surface area contributed by atoms with Gasteiger partial charge in [-0.15, -0.1) is 11.3 Å². The lowest BCUT2D eigenvalue weighted by Gasteiger charge is -2.06. The van der Waals surface area contributed by atoms with Crippen molar-refractivity contribution < 1.29 is 13.2 Å². The smallest absolute Gasteiger partial charge is 0.251 e. The van der Waals surface area contributed by atoms with E-state index < -0.39 is 10.0 Å². The molecule has 8 heteroatoms. The topological polar surface area (TPSA) is 80.3 Å². The zero-order chi connectivity index (χ0) is 13.6. The van der Waals surface area contributed by atoms with Crippen molar-refractivity contribution >= 4 is 21.4 Å². The number of sulfonamides is 1.